The summed E-state index contributed by atoms with van der Waals surface area (Å²) in [6, 6.07) is 3.30. The van der Waals surface area contributed by atoms with Crippen molar-refractivity contribution in [1.82, 2.24) is 0 Å². The SMILES string of the molecule is CCOP(OCC)c1cc(F)cc(F)c1. The fourth-order valence-electron chi connectivity index (χ4n) is 1.07. The van der Waals surface area contributed by atoms with E-state index in [4.69, 9.17) is 9.05 Å². The van der Waals surface area contributed by atoms with Crippen molar-refractivity contribution in [3.05, 3.63) is 29.8 Å². The number of benzene rings is 1. The molecule has 2 nitrogen and oxygen atoms in total. The first-order valence-corrected chi connectivity index (χ1v) is 5.87. The molecule has 15 heavy (non-hydrogen) atoms. The molecule has 0 amide bonds. The van der Waals surface area contributed by atoms with Gasteiger partial charge in [0.25, 0.3) is 0 Å². The summed E-state index contributed by atoms with van der Waals surface area (Å²) in [7, 11) is -1.37. The van der Waals surface area contributed by atoms with Crippen LogP contribution in [0.4, 0.5) is 8.78 Å². The summed E-state index contributed by atoms with van der Waals surface area (Å²) in [5, 5.41) is 0.422. The van der Waals surface area contributed by atoms with Crippen molar-refractivity contribution in [1.29, 1.82) is 0 Å². The zero-order valence-electron chi connectivity index (χ0n) is 8.67. The Hall–Kier alpha value is -0.570. The minimum absolute atomic E-state index is 0.422. The zero-order valence-corrected chi connectivity index (χ0v) is 9.56. The Morgan fingerprint density at radius 2 is 1.47 bits per heavy atom. The molecule has 0 spiro atoms. The van der Waals surface area contributed by atoms with E-state index in [2.05, 4.69) is 0 Å². The summed E-state index contributed by atoms with van der Waals surface area (Å²) in [5.41, 5.74) is 0. The Bertz CT molecular complexity index is 294. The van der Waals surface area contributed by atoms with Gasteiger partial charge in [0, 0.05) is 11.4 Å². The highest BCUT2D eigenvalue weighted by molar-refractivity contribution is 7.56. The van der Waals surface area contributed by atoms with Crippen LogP contribution in [0.1, 0.15) is 13.8 Å². The second kappa shape index (κ2) is 6.11. The van der Waals surface area contributed by atoms with Gasteiger partial charge in [-0.3, -0.25) is 0 Å². The van der Waals surface area contributed by atoms with Crippen LogP contribution in [0.2, 0.25) is 0 Å². The predicted octanol–water partition coefficient (Wildman–Crippen LogP) is 2.98. The van der Waals surface area contributed by atoms with Crippen LogP contribution in [0.15, 0.2) is 18.2 Å². The molecule has 0 radical (unpaired) electrons. The van der Waals surface area contributed by atoms with Crippen molar-refractivity contribution in [2.45, 2.75) is 13.8 Å². The molecular formula is C10H13F2O2P. The summed E-state index contributed by atoms with van der Waals surface area (Å²) < 4.78 is 36.4. The molecule has 0 aliphatic carbocycles. The maximum atomic E-state index is 12.9. The molecule has 0 aliphatic rings. The molecule has 0 saturated heterocycles. The first-order valence-electron chi connectivity index (χ1n) is 4.69. The third-order valence-corrected chi connectivity index (χ3v) is 3.22. The number of hydrogen-bond acceptors (Lipinski definition) is 2. The molecule has 84 valence electrons. The summed E-state index contributed by atoms with van der Waals surface area (Å²) >= 11 is 0. The zero-order chi connectivity index (χ0) is 11.3. The van der Waals surface area contributed by atoms with Crippen LogP contribution in [0.5, 0.6) is 0 Å². The van der Waals surface area contributed by atoms with Gasteiger partial charge in [-0.15, -0.1) is 0 Å². The smallest absolute Gasteiger partial charge is 0.205 e. The van der Waals surface area contributed by atoms with Gasteiger partial charge in [-0.25, -0.2) is 8.78 Å². The van der Waals surface area contributed by atoms with E-state index >= 15 is 0 Å². The summed E-state index contributed by atoms with van der Waals surface area (Å²) in [5.74, 6) is -1.23. The number of halogens is 2. The van der Waals surface area contributed by atoms with Gasteiger partial charge in [-0.1, -0.05) is 0 Å². The van der Waals surface area contributed by atoms with Crippen molar-refractivity contribution in [3.8, 4) is 0 Å². The largest absolute Gasteiger partial charge is 0.331 e. The third-order valence-electron chi connectivity index (χ3n) is 1.55. The quantitative estimate of drug-likeness (QED) is 0.729. The van der Waals surface area contributed by atoms with Gasteiger partial charge < -0.3 is 9.05 Å². The van der Waals surface area contributed by atoms with E-state index in [0.29, 0.717) is 18.5 Å². The van der Waals surface area contributed by atoms with E-state index in [1.54, 1.807) is 0 Å². The van der Waals surface area contributed by atoms with E-state index in [9.17, 15) is 8.78 Å². The minimum atomic E-state index is -1.37. The number of rotatable bonds is 5. The first-order chi connectivity index (χ1) is 7.17. The van der Waals surface area contributed by atoms with Crippen LogP contribution in [0, 0.1) is 11.6 Å². The molecule has 1 aromatic rings. The van der Waals surface area contributed by atoms with Gasteiger partial charge in [0.15, 0.2) is 0 Å². The molecule has 5 heteroatoms. The Morgan fingerprint density at radius 3 is 1.87 bits per heavy atom. The van der Waals surface area contributed by atoms with Gasteiger partial charge in [0.1, 0.15) is 11.6 Å². The van der Waals surface area contributed by atoms with E-state index < -0.39 is 20.0 Å². The molecule has 0 N–H and O–H groups in total. The normalized spacial score (nSPS) is 11.0. The fraction of sp³-hybridized carbons (Fsp3) is 0.400. The van der Waals surface area contributed by atoms with Gasteiger partial charge in [0.05, 0.1) is 13.2 Å². The monoisotopic (exact) mass is 234 g/mol. The average Bonchev–Trinajstić information content (AvgIpc) is 2.16. The average molecular weight is 234 g/mol. The molecule has 1 aromatic carbocycles. The van der Waals surface area contributed by atoms with E-state index in [1.807, 2.05) is 13.8 Å². The van der Waals surface area contributed by atoms with Crippen molar-refractivity contribution < 1.29 is 17.8 Å². The van der Waals surface area contributed by atoms with Crippen molar-refractivity contribution in [2.24, 2.45) is 0 Å². The topological polar surface area (TPSA) is 18.5 Å². The van der Waals surface area contributed by atoms with Gasteiger partial charge >= 0.3 is 0 Å². The summed E-state index contributed by atoms with van der Waals surface area (Å²) in [4.78, 5) is 0. The van der Waals surface area contributed by atoms with Gasteiger partial charge in [0.2, 0.25) is 8.38 Å². The molecule has 0 atom stereocenters. The molecule has 0 bridgehead atoms. The highest BCUT2D eigenvalue weighted by Gasteiger charge is 2.14. The highest BCUT2D eigenvalue weighted by Crippen LogP contribution is 2.37. The molecule has 0 aliphatic heterocycles. The summed E-state index contributed by atoms with van der Waals surface area (Å²) in [6.45, 7) is 4.52. The van der Waals surface area contributed by atoms with Gasteiger partial charge in [-0.05, 0) is 26.0 Å². The minimum Gasteiger partial charge on any atom is -0.331 e. The maximum absolute atomic E-state index is 12.9. The Kier molecular flexibility index (Phi) is 5.09. The molecule has 0 heterocycles. The van der Waals surface area contributed by atoms with Crippen molar-refractivity contribution in [3.63, 3.8) is 0 Å². The van der Waals surface area contributed by atoms with Crippen LogP contribution in [0.25, 0.3) is 0 Å². The fourth-order valence-corrected chi connectivity index (χ4v) is 2.36. The third kappa shape index (κ3) is 3.82. The lowest BCUT2D eigenvalue weighted by Gasteiger charge is -2.15. The highest BCUT2D eigenvalue weighted by atomic mass is 31.2. The number of hydrogen-bond donors (Lipinski definition) is 0. The van der Waals surface area contributed by atoms with Crippen molar-refractivity contribution in [2.75, 3.05) is 13.2 Å². The van der Waals surface area contributed by atoms with Gasteiger partial charge in [-0.2, -0.15) is 0 Å². The molecule has 0 aromatic heterocycles. The summed E-state index contributed by atoms with van der Waals surface area (Å²) in [6.07, 6.45) is 0. The standard InChI is InChI=1S/C10H13F2O2P/c1-3-13-15(14-4-2)10-6-8(11)5-9(12)7-10/h5-7H,3-4H2,1-2H3. The predicted molar refractivity (Wildman–Crippen MR) is 56.2 cm³/mol. The van der Waals surface area contributed by atoms with Crippen LogP contribution < -0.4 is 5.30 Å². The first kappa shape index (κ1) is 12.5. The van der Waals surface area contributed by atoms with Crippen LogP contribution in [-0.4, -0.2) is 13.2 Å². The molecule has 0 fully saturated rings. The van der Waals surface area contributed by atoms with E-state index in [-0.39, 0.29) is 0 Å². The molecular weight excluding hydrogens is 221 g/mol. The lowest BCUT2D eigenvalue weighted by Crippen LogP contribution is -2.08. The van der Waals surface area contributed by atoms with Crippen LogP contribution in [0.3, 0.4) is 0 Å². The molecule has 1 rings (SSSR count). The van der Waals surface area contributed by atoms with Crippen molar-refractivity contribution >= 4 is 13.7 Å². The lowest BCUT2D eigenvalue weighted by molar-refractivity contribution is 0.277. The second-order valence-corrected chi connectivity index (χ2v) is 4.27. The van der Waals surface area contributed by atoms with Crippen LogP contribution >= 0.6 is 8.38 Å². The van der Waals surface area contributed by atoms with Crippen LogP contribution in [-0.2, 0) is 9.05 Å². The molecule has 0 unspecified atom stereocenters. The lowest BCUT2D eigenvalue weighted by atomic mass is 10.3. The van der Waals surface area contributed by atoms with E-state index in [0.717, 1.165) is 6.07 Å². The Balaban J connectivity index is 2.88. The second-order valence-electron chi connectivity index (χ2n) is 2.72. The Morgan fingerprint density at radius 1 is 1.00 bits per heavy atom. The molecule has 0 saturated carbocycles. The van der Waals surface area contributed by atoms with E-state index in [1.165, 1.54) is 12.1 Å². The maximum Gasteiger partial charge on any atom is 0.205 e. The Labute approximate surface area is 89.1 Å².